The van der Waals surface area contributed by atoms with Crippen LogP contribution in [0.1, 0.15) is 13.8 Å². The molecule has 0 radical (unpaired) electrons. The number of anilines is 1. The number of rotatable bonds is 8. The molecule has 0 aliphatic carbocycles. The smallest absolute Gasteiger partial charge is 0.249 e. The normalized spacial score (nSPS) is 13.4. The van der Waals surface area contributed by atoms with Crippen LogP contribution in [0.4, 0.5) is 5.69 Å². The summed E-state index contributed by atoms with van der Waals surface area (Å²) >= 11 is 5.71. The lowest BCUT2D eigenvalue weighted by Gasteiger charge is -2.27. The third kappa shape index (κ3) is 6.34. The van der Waals surface area contributed by atoms with E-state index in [1.807, 2.05) is 0 Å². The molecule has 0 heterocycles. The van der Waals surface area contributed by atoms with Crippen LogP contribution in [0.25, 0.3) is 0 Å². The number of amides is 1. The molecular weight excluding hydrogens is 344 g/mol. The summed E-state index contributed by atoms with van der Waals surface area (Å²) in [4.78, 5) is 11.7. The summed E-state index contributed by atoms with van der Waals surface area (Å²) < 4.78 is 26.1. The van der Waals surface area contributed by atoms with E-state index in [-0.39, 0.29) is 18.9 Å². The number of hydrogen-bond donors (Lipinski definition) is 4. The molecule has 1 atom stereocenters. The van der Waals surface area contributed by atoms with Crippen molar-refractivity contribution >= 4 is 33.2 Å². The predicted molar refractivity (Wildman–Crippen MR) is 88.7 cm³/mol. The van der Waals surface area contributed by atoms with Gasteiger partial charge >= 0.3 is 0 Å². The van der Waals surface area contributed by atoms with Crippen molar-refractivity contribution in [2.45, 2.75) is 20.0 Å². The van der Waals surface area contributed by atoms with E-state index in [1.54, 1.807) is 12.1 Å². The van der Waals surface area contributed by atoms with Gasteiger partial charge in [-0.1, -0.05) is 25.4 Å². The highest BCUT2D eigenvalue weighted by molar-refractivity contribution is 7.92. The van der Waals surface area contributed by atoms with E-state index < -0.39 is 27.4 Å². The van der Waals surface area contributed by atoms with Gasteiger partial charge in [0.15, 0.2) is 0 Å². The van der Waals surface area contributed by atoms with Crippen molar-refractivity contribution in [3.8, 4) is 0 Å². The molecule has 0 spiro atoms. The van der Waals surface area contributed by atoms with Crippen molar-refractivity contribution in [2.24, 2.45) is 5.41 Å². The van der Waals surface area contributed by atoms with Crippen molar-refractivity contribution in [3.63, 3.8) is 0 Å². The highest BCUT2D eigenvalue weighted by Gasteiger charge is 2.32. The summed E-state index contributed by atoms with van der Waals surface area (Å²) in [5, 5.41) is 21.7. The van der Waals surface area contributed by atoms with E-state index in [4.69, 9.17) is 16.7 Å². The van der Waals surface area contributed by atoms with E-state index in [9.17, 15) is 18.3 Å². The minimum absolute atomic E-state index is 0.166. The molecule has 1 aromatic carbocycles. The lowest BCUT2D eigenvalue weighted by molar-refractivity contribution is -0.136. The van der Waals surface area contributed by atoms with Gasteiger partial charge in [-0.2, -0.15) is 0 Å². The summed E-state index contributed by atoms with van der Waals surface area (Å²) in [6.45, 7) is 2.50. The third-order valence-corrected chi connectivity index (χ3v) is 4.72. The summed E-state index contributed by atoms with van der Waals surface area (Å²) in [6, 6.07) is 6.14. The van der Waals surface area contributed by atoms with Gasteiger partial charge in [0.2, 0.25) is 15.9 Å². The van der Waals surface area contributed by atoms with Crippen LogP contribution >= 0.6 is 11.6 Å². The molecule has 1 aromatic rings. The molecule has 4 N–H and O–H groups in total. The van der Waals surface area contributed by atoms with E-state index in [0.717, 1.165) is 0 Å². The summed E-state index contributed by atoms with van der Waals surface area (Å²) in [5.41, 5.74) is -0.646. The van der Waals surface area contributed by atoms with Crippen LogP contribution in [-0.2, 0) is 14.8 Å². The van der Waals surface area contributed by atoms with E-state index in [0.29, 0.717) is 10.7 Å². The highest BCUT2D eigenvalue weighted by Crippen LogP contribution is 2.19. The zero-order valence-electron chi connectivity index (χ0n) is 12.9. The van der Waals surface area contributed by atoms with Crippen LogP contribution in [-0.4, -0.2) is 49.5 Å². The molecule has 0 saturated carbocycles. The van der Waals surface area contributed by atoms with Gasteiger partial charge in [-0.3, -0.25) is 9.52 Å². The zero-order chi connectivity index (χ0) is 17.7. The third-order valence-electron chi connectivity index (χ3n) is 3.18. The number of benzene rings is 1. The fourth-order valence-electron chi connectivity index (χ4n) is 1.60. The molecule has 0 bridgehead atoms. The largest absolute Gasteiger partial charge is 0.396 e. The first-order valence-corrected chi connectivity index (χ1v) is 8.93. The van der Waals surface area contributed by atoms with E-state index in [2.05, 4.69) is 10.0 Å². The molecule has 1 rings (SSSR count). The number of nitrogens with one attached hydrogen (secondary N) is 2. The lowest BCUT2D eigenvalue weighted by atomic mass is 9.87. The van der Waals surface area contributed by atoms with Crippen LogP contribution in [0.2, 0.25) is 5.02 Å². The van der Waals surface area contributed by atoms with Crippen molar-refractivity contribution in [1.82, 2.24) is 5.32 Å². The second kappa shape index (κ2) is 7.96. The van der Waals surface area contributed by atoms with Crippen molar-refractivity contribution < 1.29 is 23.4 Å². The Kier molecular flexibility index (Phi) is 6.82. The second-order valence-corrected chi connectivity index (χ2v) is 8.05. The molecule has 0 aromatic heterocycles. The number of sulfonamides is 1. The number of aliphatic hydroxyl groups is 2. The monoisotopic (exact) mass is 364 g/mol. The molecule has 23 heavy (non-hydrogen) atoms. The van der Waals surface area contributed by atoms with Crippen LogP contribution < -0.4 is 10.0 Å². The van der Waals surface area contributed by atoms with Gasteiger partial charge in [-0.05, 0) is 24.3 Å². The van der Waals surface area contributed by atoms with Gasteiger partial charge in [0, 0.05) is 22.7 Å². The Morgan fingerprint density at radius 1 is 1.30 bits per heavy atom. The average Bonchev–Trinajstić information content (AvgIpc) is 2.48. The van der Waals surface area contributed by atoms with Gasteiger partial charge in [0.25, 0.3) is 0 Å². The van der Waals surface area contributed by atoms with Crippen molar-refractivity contribution in [1.29, 1.82) is 0 Å². The van der Waals surface area contributed by atoms with Crippen LogP contribution in [0, 0.1) is 5.41 Å². The number of carbonyl (C=O) groups excluding carboxylic acids is 1. The predicted octanol–water partition coefficient (Wildman–Crippen LogP) is 0.577. The molecule has 7 nitrogen and oxygen atoms in total. The summed E-state index contributed by atoms with van der Waals surface area (Å²) in [7, 11) is -3.65. The van der Waals surface area contributed by atoms with Crippen LogP contribution in [0.5, 0.6) is 0 Å². The standard InChI is InChI=1S/C14H21ClN2O5S/c1-14(2,9-18)12(19)13(20)16-7-8-23(21,22)17-11-5-3-10(15)4-6-11/h3-6,12,17-19H,7-9H2,1-2H3,(H,16,20)/t12-/m1/s1. The second-order valence-electron chi connectivity index (χ2n) is 5.77. The molecule has 0 unspecified atom stereocenters. The Bertz CT molecular complexity index is 631. The van der Waals surface area contributed by atoms with E-state index >= 15 is 0 Å². The first kappa shape index (κ1) is 19.7. The summed E-state index contributed by atoms with van der Waals surface area (Å²) in [6.07, 6.45) is -1.43. The van der Waals surface area contributed by atoms with Gasteiger partial charge < -0.3 is 15.5 Å². The number of hydrogen-bond acceptors (Lipinski definition) is 5. The SMILES string of the molecule is CC(C)(CO)[C@H](O)C(=O)NCCS(=O)(=O)Nc1ccc(Cl)cc1. The van der Waals surface area contributed by atoms with Gasteiger partial charge in [0.05, 0.1) is 12.4 Å². The molecule has 0 aliphatic heterocycles. The molecule has 0 fully saturated rings. The highest BCUT2D eigenvalue weighted by atomic mass is 35.5. The molecule has 9 heteroatoms. The number of aliphatic hydroxyl groups excluding tert-OH is 2. The number of carbonyl (C=O) groups is 1. The van der Waals surface area contributed by atoms with Crippen LogP contribution in [0.3, 0.4) is 0 Å². The first-order valence-electron chi connectivity index (χ1n) is 6.90. The fraction of sp³-hybridized carbons (Fsp3) is 0.500. The minimum Gasteiger partial charge on any atom is -0.396 e. The van der Waals surface area contributed by atoms with Crippen molar-refractivity contribution in [2.75, 3.05) is 23.6 Å². The number of halogens is 1. The summed E-state index contributed by atoms with van der Waals surface area (Å²) in [5.74, 6) is -1.08. The van der Waals surface area contributed by atoms with Gasteiger partial charge in [-0.25, -0.2) is 8.42 Å². The van der Waals surface area contributed by atoms with Gasteiger partial charge in [-0.15, -0.1) is 0 Å². The fourth-order valence-corrected chi connectivity index (χ4v) is 2.69. The molecular formula is C14H21ClN2O5S. The van der Waals surface area contributed by atoms with E-state index in [1.165, 1.54) is 26.0 Å². The van der Waals surface area contributed by atoms with Crippen molar-refractivity contribution in [3.05, 3.63) is 29.3 Å². The Balaban J connectivity index is 2.51. The molecule has 0 saturated heterocycles. The molecule has 0 aliphatic rings. The maximum atomic E-state index is 11.9. The van der Waals surface area contributed by atoms with Crippen LogP contribution in [0.15, 0.2) is 24.3 Å². The molecule has 1 amide bonds. The molecule has 130 valence electrons. The van der Waals surface area contributed by atoms with Gasteiger partial charge in [0.1, 0.15) is 6.10 Å². The Morgan fingerprint density at radius 2 is 1.87 bits per heavy atom. The average molecular weight is 365 g/mol. The Labute approximate surface area is 140 Å². The lowest BCUT2D eigenvalue weighted by Crippen LogP contribution is -2.46. The Hall–Kier alpha value is -1.35. The topological polar surface area (TPSA) is 116 Å². The Morgan fingerprint density at radius 3 is 2.39 bits per heavy atom. The maximum Gasteiger partial charge on any atom is 0.249 e. The first-order chi connectivity index (χ1) is 10.6. The maximum absolute atomic E-state index is 11.9. The zero-order valence-corrected chi connectivity index (χ0v) is 14.5. The quantitative estimate of drug-likeness (QED) is 0.538. The minimum atomic E-state index is -3.65.